The number of nitrogens with zero attached hydrogens (tertiary/aromatic N) is 5. The number of nitrogens with two attached hydrogens (primary N) is 2. The first-order valence-corrected chi connectivity index (χ1v) is 11.5. The lowest BCUT2D eigenvalue weighted by Gasteiger charge is -2.29. The maximum absolute atomic E-state index is 13.0. The Bertz CT molecular complexity index is 1350. The van der Waals surface area contributed by atoms with E-state index in [1.165, 1.54) is 0 Å². The monoisotopic (exact) mass is 459 g/mol. The third kappa shape index (κ3) is 3.76. The largest absolute Gasteiger partial charge is 0.341 e. The molecular formula is C25H29N7O2. The molecule has 2 atom stereocenters. The van der Waals surface area contributed by atoms with Crippen molar-refractivity contribution in [2.24, 2.45) is 18.5 Å². The summed E-state index contributed by atoms with van der Waals surface area (Å²) in [5, 5.41) is 3.96. The quantitative estimate of drug-likeness (QED) is 0.469. The zero-order valence-corrected chi connectivity index (χ0v) is 19.7. The number of carbonyl (C=O) groups excluding carboxylic acids is 1. The van der Waals surface area contributed by atoms with Crippen LogP contribution in [0.4, 0.5) is 0 Å². The molecule has 1 saturated heterocycles. The van der Waals surface area contributed by atoms with E-state index in [4.69, 9.17) is 21.0 Å². The summed E-state index contributed by atoms with van der Waals surface area (Å²) in [5.74, 6) is 1.74. The first-order valence-electron chi connectivity index (χ1n) is 11.5. The summed E-state index contributed by atoms with van der Waals surface area (Å²) in [4.78, 5) is 24.0. The molecule has 0 radical (unpaired) electrons. The molecule has 5 rings (SSSR count). The highest BCUT2D eigenvalue weighted by atomic mass is 16.5. The molecule has 1 fully saturated rings. The molecule has 2 unspecified atom stereocenters. The van der Waals surface area contributed by atoms with Gasteiger partial charge in [0.25, 0.3) is 0 Å². The van der Waals surface area contributed by atoms with Gasteiger partial charge in [-0.3, -0.25) is 4.79 Å². The Morgan fingerprint density at radius 3 is 2.47 bits per heavy atom. The summed E-state index contributed by atoms with van der Waals surface area (Å²) in [6.07, 6.45) is 2.05. The van der Waals surface area contributed by atoms with Gasteiger partial charge in [0.05, 0.1) is 17.1 Å². The molecule has 0 spiro atoms. The molecule has 9 heteroatoms. The van der Waals surface area contributed by atoms with Crippen LogP contribution in [0, 0.1) is 6.92 Å². The highest BCUT2D eigenvalue weighted by molar-refractivity contribution is 5.89. The van der Waals surface area contributed by atoms with Gasteiger partial charge in [-0.2, -0.15) is 4.98 Å². The number of rotatable bonds is 5. The molecule has 0 saturated carbocycles. The smallest absolute Gasteiger partial charge is 0.246 e. The number of likely N-dealkylation sites (tertiary alicyclic amines) is 1. The number of aromatic nitrogens is 4. The number of imidazole rings is 1. The van der Waals surface area contributed by atoms with Crippen molar-refractivity contribution < 1.29 is 9.32 Å². The summed E-state index contributed by atoms with van der Waals surface area (Å²) in [7, 11) is 1.94. The van der Waals surface area contributed by atoms with Gasteiger partial charge in [0.2, 0.25) is 17.6 Å². The van der Waals surface area contributed by atoms with E-state index in [9.17, 15) is 4.79 Å². The van der Waals surface area contributed by atoms with E-state index in [0.717, 1.165) is 59.5 Å². The minimum absolute atomic E-state index is 0.0471. The van der Waals surface area contributed by atoms with E-state index in [1.807, 2.05) is 59.0 Å². The predicted octanol–water partition coefficient (Wildman–Crippen LogP) is 2.78. The van der Waals surface area contributed by atoms with Crippen LogP contribution in [0.2, 0.25) is 0 Å². The second-order valence-electron chi connectivity index (χ2n) is 9.17. The van der Waals surface area contributed by atoms with Gasteiger partial charge in [0.15, 0.2) is 0 Å². The summed E-state index contributed by atoms with van der Waals surface area (Å²) in [6, 6.07) is 13.1. The fourth-order valence-corrected chi connectivity index (χ4v) is 4.60. The normalized spacial score (nSPS) is 16.7. The standard InChI is InChI=1S/C25H29N7O2/c1-15-28-22(30-34-15)17-8-6-16(7-9-17)21(26)23-29-19-14-18(10-11-20(19)31(23)3)25(2,27)24(33)32-12-4-5-13-32/h6-11,14,21H,4-5,12-13,26-27H2,1-3H3. The van der Waals surface area contributed by atoms with Crippen LogP contribution in [0.25, 0.3) is 22.4 Å². The van der Waals surface area contributed by atoms with Crippen LogP contribution in [0.5, 0.6) is 0 Å². The molecule has 176 valence electrons. The molecule has 1 amide bonds. The van der Waals surface area contributed by atoms with Gasteiger partial charge in [0, 0.05) is 32.6 Å². The molecule has 2 aromatic heterocycles. The van der Waals surface area contributed by atoms with Crippen LogP contribution in [0.3, 0.4) is 0 Å². The van der Waals surface area contributed by atoms with E-state index >= 15 is 0 Å². The van der Waals surface area contributed by atoms with Crippen molar-refractivity contribution in [3.63, 3.8) is 0 Å². The van der Waals surface area contributed by atoms with Crippen molar-refractivity contribution in [1.82, 2.24) is 24.6 Å². The molecule has 34 heavy (non-hydrogen) atoms. The van der Waals surface area contributed by atoms with Crippen molar-refractivity contribution in [3.8, 4) is 11.4 Å². The average Bonchev–Trinajstić information content (AvgIpc) is 3.59. The fourth-order valence-electron chi connectivity index (χ4n) is 4.60. The SMILES string of the molecule is Cc1nc(-c2ccc(C(N)c3nc4cc(C(C)(N)C(=O)N5CCCC5)ccc4n3C)cc2)no1. The first-order chi connectivity index (χ1) is 16.3. The number of carbonyl (C=O) groups is 1. The van der Waals surface area contributed by atoms with Crippen LogP contribution >= 0.6 is 0 Å². The van der Waals surface area contributed by atoms with Gasteiger partial charge in [-0.15, -0.1) is 0 Å². The molecule has 4 aromatic rings. The number of hydrogen-bond acceptors (Lipinski definition) is 7. The van der Waals surface area contributed by atoms with Crippen molar-refractivity contribution in [2.75, 3.05) is 13.1 Å². The maximum atomic E-state index is 13.0. The fraction of sp³-hybridized carbons (Fsp3) is 0.360. The molecule has 1 aliphatic heterocycles. The molecule has 0 bridgehead atoms. The van der Waals surface area contributed by atoms with Crippen LogP contribution in [-0.2, 0) is 17.4 Å². The summed E-state index contributed by atoms with van der Waals surface area (Å²) < 4.78 is 7.04. The Morgan fingerprint density at radius 1 is 1.12 bits per heavy atom. The van der Waals surface area contributed by atoms with Crippen LogP contribution < -0.4 is 11.5 Å². The Labute approximate surface area is 197 Å². The average molecular weight is 460 g/mol. The second-order valence-corrected chi connectivity index (χ2v) is 9.17. The molecule has 9 nitrogen and oxygen atoms in total. The van der Waals surface area contributed by atoms with Crippen LogP contribution in [0.15, 0.2) is 47.0 Å². The Balaban J connectivity index is 1.44. The number of fused-ring (bicyclic) bond motifs is 1. The topological polar surface area (TPSA) is 129 Å². The van der Waals surface area contributed by atoms with E-state index in [-0.39, 0.29) is 5.91 Å². The molecule has 4 N–H and O–H groups in total. The lowest BCUT2D eigenvalue weighted by atomic mass is 9.91. The van der Waals surface area contributed by atoms with Gasteiger partial charge >= 0.3 is 0 Å². The number of benzene rings is 2. The molecule has 0 aliphatic carbocycles. The predicted molar refractivity (Wildman–Crippen MR) is 129 cm³/mol. The third-order valence-electron chi connectivity index (χ3n) is 6.69. The highest BCUT2D eigenvalue weighted by Crippen LogP contribution is 2.29. The number of aryl methyl sites for hydroxylation is 2. The summed E-state index contributed by atoms with van der Waals surface area (Å²) >= 11 is 0. The molecule has 2 aromatic carbocycles. The van der Waals surface area contributed by atoms with Gasteiger partial charge < -0.3 is 25.5 Å². The second kappa shape index (κ2) is 8.34. The highest BCUT2D eigenvalue weighted by Gasteiger charge is 2.36. The molecule has 3 heterocycles. The Kier molecular flexibility index (Phi) is 5.45. The summed E-state index contributed by atoms with van der Waals surface area (Å²) in [6.45, 7) is 5.06. The lowest BCUT2D eigenvalue weighted by molar-refractivity contribution is -0.135. The summed E-state index contributed by atoms with van der Waals surface area (Å²) in [5.41, 5.74) is 16.2. The lowest BCUT2D eigenvalue weighted by Crippen LogP contribution is -2.50. The minimum Gasteiger partial charge on any atom is -0.341 e. The van der Waals surface area contributed by atoms with Crippen molar-refractivity contribution in [3.05, 3.63) is 65.3 Å². The van der Waals surface area contributed by atoms with Crippen LogP contribution in [0.1, 0.15) is 48.6 Å². The Morgan fingerprint density at radius 2 is 1.82 bits per heavy atom. The number of amides is 1. The van der Waals surface area contributed by atoms with E-state index < -0.39 is 11.6 Å². The zero-order chi connectivity index (χ0) is 24.0. The van der Waals surface area contributed by atoms with E-state index in [0.29, 0.717) is 11.7 Å². The van der Waals surface area contributed by atoms with Crippen LogP contribution in [-0.4, -0.2) is 43.6 Å². The maximum Gasteiger partial charge on any atom is 0.246 e. The van der Waals surface area contributed by atoms with Crippen molar-refractivity contribution in [1.29, 1.82) is 0 Å². The number of hydrogen-bond donors (Lipinski definition) is 2. The van der Waals surface area contributed by atoms with Gasteiger partial charge in [-0.25, -0.2) is 4.98 Å². The van der Waals surface area contributed by atoms with Gasteiger partial charge in [-0.1, -0.05) is 35.5 Å². The first kappa shape index (κ1) is 22.2. The van der Waals surface area contributed by atoms with Crippen molar-refractivity contribution in [2.45, 2.75) is 38.3 Å². The Hall–Kier alpha value is -3.56. The minimum atomic E-state index is -1.11. The zero-order valence-electron chi connectivity index (χ0n) is 19.7. The van der Waals surface area contributed by atoms with E-state index in [1.54, 1.807) is 13.8 Å². The van der Waals surface area contributed by atoms with Crippen molar-refractivity contribution >= 4 is 16.9 Å². The van der Waals surface area contributed by atoms with Gasteiger partial charge in [0.1, 0.15) is 11.4 Å². The van der Waals surface area contributed by atoms with Gasteiger partial charge in [-0.05, 0) is 43.0 Å². The third-order valence-corrected chi connectivity index (χ3v) is 6.69. The van der Waals surface area contributed by atoms with E-state index in [2.05, 4.69) is 10.1 Å². The molecular weight excluding hydrogens is 430 g/mol. The molecule has 1 aliphatic rings.